The van der Waals surface area contributed by atoms with Crippen LogP contribution in [0.3, 0.4) is 0 Å². The van der Waals surface area contributed by atoms with Crippen molar-refractivity contribution >= 4 is 0 Å². The zero-order chi connectivity index (χ0) is 12.8. The lowest BCUT2D eigenvalue weighted by Gasteiger charge is -2.13. The molecule has 0 aliphatic rings. The highest BCUT2D eigenvalue weighted by Gasteiger charge is 2.10. The van der Waals surface area contributed by atoms with Gasteiger partial charge in [0, 0.05) is 18.3 Å². The Morgan fingerprint density at radius 3 is 2.53 bits per heavy atom. The molecule has 1 aromatic rings. The number of hydrogen-bond acceptors (Lipinski definition) is 2. The molecule has 0 bridgehead atoms. The van der Waals surface area contributed by atoms with Crippen LogP contribution in [-0.4, -0.2) is 22.4 Å². The lowest BCUT2D eigenvalue weighted by atomic mass is 10.1. The smallest absolute Gasteiger partial charge is 0.0628 e. The van der Waals surface area contributed by atoms with E-state index in [0.717, 1.165) is 25.9 Å². The molecule has 3 nitrogen and oxygen atoms in total. The Kier molecular flexibility index (Phi) is 5.69. The molecule has 1 atom stereocenters. The van der Waals surface area contributed by atoms with Crippen molar-refractivity contribution in [1.82, 2.24) is 15.1 Å². The van der Waals surface area contributed by atoms with Gasteiger partial charge in [-0.25, -0.2) is 0 Å². The Morgan fingerprint density at radius 1 is 1.29 bits per heavy atom. The second-order valence-corrected chi connectivity index (χ2v) is 4.87. The molecule has 0 aromatic carbocycles. The highest BCUT2D eigenvalue weighted by molar-refractivity contribution is 5.24. The highest BCUT2D eigenvalue weighted by Crippen LogP contribution is 2.14. The van der Waals surface area contributed by atoms with E-state index < -0.39 is 0 Å². The zero-order valence-corrected chi connectivity index (χ0v) is 12.0. The molecule has 0 amide bonds. The number of aromatic nitrogens is 2. The molecule has 3 heteroatoms. The summed E-state index contributed by atoms with van der Waals surface area (Å²) in [5, 5.41) is 8.14. The van der Waals surface area contributed by atoms with Gasteiger partial charge in [0.25, 0.3) is 0 Å². The Hall–Kier alpha value is -0.830. The van der Waals surface area contributed by atoms with Gasteiger partial charge < -0.3 is 5.32 Å². The molecule has 0 aliphatic carbocycles. The highest BCUT2D eigenvalue weighted by atomic mass is 15.3. The Morgan fingerprint density at radius 2 is 2.00 bits per heavy atom. The summed E-state index contributed by atoms with van der Waals surface area (Å²) >= 11 is 0. The van der Waals surface area contributed by atoms with Gasteiger partial charge in [-0.05, 0) is 52.1 Å². The minimum atomic E-state index is 0.573. The summed E-state index contributed by atoms with van der Waals surface area (Å²) in [5.74, 6) is 0. The SMILES string of the molecule is CCCNC(C)CCn1nc(C)c(CC)c1C. The minimum Gasteiger partial charge on any atom is -0.314 e. The van der Waals surface area contributed by atoms with E-state index in [-0.39, 0.29) is 0 Å². The third-order valence-electron chi connectivity index (χ3n) is 3.40. The fourth-order valence-corrected chi connectivity index (χ4v) is 2.27. The first-order valence-corrected chi connectivity index (χ1v) is 6.86. The number of rotatable bonds is 7. The summed E-state index contributed by atoms with van der Waals surface area (Å²) in [7, 11) is 0. The van der Waals surface area contributed by atoms with Crippen LogP contribution in [0.5, 0.6) is 0 Å². The largest absolute Gasteiger partial charge is 0.314 e. The molecule has 0 fully saturated rings. The molecule has 0 aliphatic heterocycles. The van der Waals surface area contributed by atoms with Gasteiger partial charge in [0.1, 0.15) is 0 Å². The number of hydrogen-bond donors (Lipinski definition) is 1. The molecule has 98 valence electrons. The van der Waals surface area contributed by atoms with E-state index in [1.807, 2.05) is 0 Å². The van der Waals surface area contributed by atoms with E-state index in [1.54, 1.807) is 0 Å². The lowest BCUT2D eigenvalue weighted by Crippen LogP contribution is -2.28. The van der Waals surface area contributed by atoms with Crippen LogP contribution in [0.4, 0.5) is 0 Å². The number of nitrogens with zero attached hydrogens (tertiary/aromatic N) is 2. The Labute approximate surface area is 106 Å². The topological polar surface area (TPSA) is 29.9 Å². The van der Waals surface area contributed by atoms with Crippen molar-refractivity contribution in [1.29, 1.82) is 0 Å². The molecule has 1 unspecified atom stereocenters. The summed E-state index contributed by atoms with van der Waals surface area (Å²) in [6.07, 6.45) is 3.43. The Balaban J connectivity index is 2.52. The maximum Gasteiger partial charge on any atom is 0.0628 e. The van der Waals surface area contributed by atoms with E-state index >= 15 is 0 Å². The van der Waals surface area contributed by atoms with Crippen LogP contribution in [0.2, 0.25) is 0 Å². The van der Waals surface area contributed by atoms with Gasteiger partial charge in [-0.3, -0.25) is 4.68 Å². The summed E-state index contributed by atoms with van der Waals surface area (Å²) < 4.78 is 2.16. The summed E-state index contributed by atoms with van der Waals surface area (Å²) in [6.45, 7) is 13.1. The van der Waals surface area contributed by atoms with Crippen LogP contribution in [0.25, 0.3) is 0 Å². The van der Waals surface area contributed by atoms with Crippen LogP contribution < -0.4 is 5.32 Å². The second kappa shape index (κ2) is 6.80. The van der Waals surface area contributed by atoms with Gasteiger partial charge in [-0.2, -0.15) is 5.10 Å². The van der Waals surface area contributed by atoms with Crippen molar-refractivity contribution in [2.45, 2.75) is 66.5 Å². The number of nitrogens with one attached hydrogen (secondary N) is 1. The molecule has 0 saturated heterocycles. The molecule has 0 saturated carbocycles. The molecule has 0 radical (unpaired) electrons. The van der Waals surface area contributed by atoms with Crippen LogP contribution >= 0.6 is 0 Å². The fraction of sp³-hybridized carbons (Fsp3) is 0.786. The van der Waals surface area contributed by atoms with Crippen LogP contribution in [0.15, 0.2) is 0 Å². The predicted molar refractivity (Wildman–Crippen MR) is 73.5 cm³/mol. The van der Waals surface area contributed by atoms with Gasteiger partial charge in [-0.15, -0.1) is 0 Å². The van der Waals surface area contributed by atoms with Crippen molar-refractivity contribution < 1.29 is 0 Å². The average Bonchev–Trinajstić information content (AvgIpc) is 2.58. The van der Waals surface area contributed by atoms with Crippen molar-refractivity contribution in [3.05, 3.63) is 17.0 Å². The molecule has 1 aromatic heterocycles. The van der Waals surface area contributed by atoms with Crippen molar-refractivity contribution in [3.63, 3.8) is 0 Å². The van der Waals surface area contributed by atoms with E-state index in [2.05, 4.69) is 49.7 Å². The van der Waals surface area contributed by atoms with E-state index in [9.17, 15) is 0 Å². The van der Waals surface area contributed by atoms with Gasteiger partial charge in [0.2, 0.25) is 0 Å². The third-order valence-corrected chi connectivity index (χ3v) is 3.40. The summed E-state index contributed by atoms with van der Waals surface area (Å²) in [6, 6.07) is 0.573. The standard InChI is InChI=1S/C14H27N3/c1-6-9-15-11(3)8-10-17-13(5)14(7-2)12(4)16-17/h11,15H,6-10H2,1-5H3. The first kappa shape index (κ1) is 14.2. The van der Waals surface area contributed by atoms with Crippen LogP contribution in [0.1, 0.15) is 50.6 Å². The summed E-state index contributed by atoms with van der Waals surface area (Å²) in [4.78, 5) is 0. The van der Waals surface area contributed by atoms with Crippen LogP contribution in [-0.2, 0) is 13.0 Å². The predicted octanol–water partition coefficient (Wildman–Crippen LogP) is 2.84. The minimum absolute atomic E-state index is 0.573. The number of aryl methyl sites for hydroxylation is 2. The van der Waals surface area contributed by atoms with Gasteiger partial charge >= 0.3 is 0 Å². The lowest BCUT2D eigenvalue weighted by molar-refractivity contribution is 0.453. The molecular weight excluding hydrogens is 210 g/mol. The van der Waals surface area contributed by atoms with Crippen molar-refractivity contribution in [3.8, 4) is 0 Å². The fourth-order valence-electron chi connectivity index (χ4n) is 2.27. The second-order valence-electron chi connectivity index (χ2n) is 4.87. The molecule has 1 heterocycles. The quantitative estimate of drug-likeness (QED) is 0.790. The maximum atomic E-state index is 4.62. The first-order chi connectivity index (χ1) is 8.10. The van der Waals surface area contributed by atoms with Gasteiger partial charge in [0.15, 0.2) is 0 Å². The monoisotopic (exact) mass is 237 g/mol. The third kappa shape index (κ3) is 3.84. The van der Waals surface area contributed by atoms with Gasteiger partial charge in [0.05, 0.1) is 5.69 Å². The molecular formula is C14H27N3. The molecule has 1 N–H and O–H groups in total. The van der Waals surface area contributed by atoms with E-state index in [1.165, 1.54) is 23.4 Å². The molecule has 1 rings (SSSR count). The molecule has 17 heavy (non-hydrogen) atoms. The van der Waals surface area contributed by atoms with Crippen molar-refractivity contribution in [2.24, 2.45) is 0 Å². The van der Waals surface area contributed by atoms with E-state index in [0.29, 0.717) is 6.04 Å². The van der Waals surface area contributed by atoms with Crippen molar-refractivity contribution in [2.75, 3.05) is 6.54 Å². The van der Waals surface area contributed by atoms with E-state index in [4.69, 9.17) is 0 Å². The average molecular weight is 237 g/mol. The molecule has 0 spiro atoms. The maximum absolute atomic E-state index is 4.62. The zero-order valence-electron chi connectivity index (χ0n) is 12.0. The Bertz CT molecular complexity index is 341. The summed E-state index contributed by atoms with van der Waals surface area (Å²) in [5.41, 5.74) is 3.95. The normalized spacial score (nSPS) is 13.0. The van der Waals surface area contributed by atoms with Gasteiger partial charge in [-0.1, -0.05) is 13.8 Å². The van der Waals surface area contributed by atoms with Crippen LogP contribution in [0, 0.1) is 13.8 Å². The first-order valence-electron chi connectivity index (χ1n) is 6.86.